The zero-order valence-corrected chi connectivity index (χ0v) is 9.50. The summed E-state index contributed by atoms with van der Waals surface area (Å²) in [5.74, 6) is 0.240. The van der Waals surface area contributed by atoms with Crippen molar-refractivity contribution in [2.24, 2.45) is 11.5 Å². The van der Waals surface area contributed by atoms with Crippen LogP contribution in [0.1, 0.15) is 24.4 Å². The molecule has 0 saturated carbocycles. The second-order valence-electron chi connectivity index (χ2n) is 3.24. The summed E-state index contributed by atoms with van der Waals surface area (Å²) in [5.41, 5.74) is 12.1. The second kappa shape index (κ2) is 5.34. The van der Waals surface area contributed by atoms with E-state index >= 15 is 0 Å². The van der Waals surface area contributed by atoms with Crippen LogP contribution < -0.4 is 11.5 Å². The number of benzene rings is 1. The molecule has 78 valence electrons. The van der Waals surface area contributed by atoms with Gasteiger partial charge >= 0.3 is 0 Å². The molecule has 1 aromatic carbocycles. The third-order valence-corrected chi connectivity index (χ3v) is 2.60. The van der Waals surface area contributed by atoms with Crippen molar-refractivity contribution in [3.05, 3.63) is 28.2 Å². The second-order valence-corrected chi connectivity index (χ2v) is 4.16. The van der Waals surface area contributed by atoms with Crippen LogP contribution in [0, 0.1) is 0 Å². The van der Waals surface area contributed by atoms with Gasteiger partial charge in [0.05, 0.1) is 0 Å². The molecule has 4 heteroatoms. The van der Waals surface area contributed by atoms with E-state index in [0.717, 1.165) is 22.9 Å². The van der Waals surface area contributed by atoms with E-state index in [1.54, 1.807) is 6.07 Å². The molecule has 0 aliphatic heterocycles. The Kier molecular flexibility index (Phi) is 4.38. The van der Waals surface area contributed by atoms with Crippen LogP contribution in [0.25, 0.3) is 0 Å². The quantitative estimate of drug-likeness (QED) is 0.773. The first-order valence-electron chi connectivity index (χ1n) is 4.59. The van der Waals surface area contributed by atoms with Crippen molar-refractivity contribution in [3.8, 4) is 5.75 Å². The van der Waals surface area contributed by atoms with Gasteiger partial charge in [-0.3, -0.25) is 0 Å². The third-order valence-electron chi connectivity index (χ3n) is 2.11. The highest BCUT2D eigenvalue weighted by molar-refractivity contribution is 9.10. The summed E-state index contributed by atoms with van der Waals surface area (Å²) in [6.45, 7) is 0.630. The molecule has 1 rings (SSSR count). The summed E-state index contributed by atoms with van der Waals surface area (Å²) in [6, 6.07) is 5.22. The van der Waals surface area contributed by atoms with E-state index < -0.39 is 0 Å². The lowest BCUT2D eigenvalue weighted by molar-refractivity contribution is 0.457. The molecule has 0 unspecified atom stereocenters. The molecule has 0 amide bonds. The molecule has 0 fully saturated rings. The number of aromatic hydroxyl groups is 1. The van der Waals surface area contributed by atoms with Crippen LogP contribution in [0.2, 0.25) is 0 Å². The molecule has 3 nitrogen and oxygen atoms in total. The Balaban J connectivity index is 2.74. The first-order valence-corrected chi connectivity index (χ1v) is 5.38. The first-order chi connectivity index (χ1) is 6.65. The number of rotatable bonds is 4. The molecule has 0 heterocycles. The summed E-state index contributed by atoms with van der Waals surface area (Å²) in [7, 11) is 0. The minimum Gasteiger partial charge on any atom is -0.508 e. The van der Waals surface area contributed by atoms with E-state index in [2.05, 4.69) is 15.9 Å². The first kappa shape index (κ1) is 11.5. The summed E-state index contributed by atoms with van der Waals surface area (Å²) in [5, 5.41) is 9.62. The van der Waals surface area contributed by atoms with Gasteiger partial charge in [-0.25, -0.2) is 0 Å². The van der Waals surface area contributed by atoms with Gasteiger partial charge in [0.25, 0.3) is 0 Å². The van der Waals surface area contributed by atoms with Gasteiger partial charge in [-0.15, -0.1) is 0 Å². The summed E-state index contributed by atoms with van der Waals surface area (Å²) in [4.78, 5) is 0. The molecule has 1 aromatic rings. The van der Waals surface area contributed by atoms with E-state index in [1.807, 2.05) is 12.1 Å². The SMILES string of the molecule is NCCC[C@H](N)c1ccc(Br)cc1O. The van der Waals surface area contributed by atoms with Gasteiger partial charge in [0.2, 0.25) is 0 Å². The highest BCUT2D eigenvalue weighted by atomic mass is 79.9. The summed E-state index contributed by atoms with van der Waals surface area (Å²) < 4.78 is 0.852. The highest BCUT2D eigenvalue weighted by Crippen LogP contribution is 2.28. The molecule has 0 spiro atoms. The Hall–Kier alpha value is -0.580. The van der Waals surface area contributed by atoms with Crippen LogP contribution in [-0.4, -0.2) is 11.7 Å². The van der Waals surface area contributed by atoms with Crippen molar-refractivity contribution < 1.29 is 5.11 Å². The lowest BCUT2D eigenvalue weighted by Gasteiger charge is -2.13. The fourth-order valence-corrected chi connectivity index (χ4v) is 1.67. The smallest absolute Gasteiger partial charge is 0.121 e. The molecule has 0 aromatic heterocycles. The fraction of sp³-hybridized carbons (Fsp3) is 0.400. The van der Waals surface area contributed by atoms with Gasteiger partial charge in [0.1, 0.15) is 5.75 Å². The van der Waals surface area contributed by atoms with Crippen molar-refractivity contribution in [1.82, 2.24) is 0 Å². The van der Waals surface area contributed by atoms with Crippen LogP contribution in [0.5, 0.6) is 5.75 Å². The average molecular weight is 259 g/mol. The van der Waals surface area contributed by atoms with Crippen molar-refractivity contribution in [2.75, 3.05) is 6.54 Å². The number of nitrogens with two attached hydrogens (primary N) is 2. The van der Waals surface area contributed by atoms with Crippen LogP contribution in [0.4, 0.5) is 0 Å². The number of phenolic OH excluding ortho intramolecular Hbond substituents is 1. The van der Waals surface area contributed by atoms with Gasteiger partial charge in [-0.2, -0.15) is 0 Å². The van der Waals surface area contributed by atoms with Crippen molar-refractivity contribution in [1.29, 1.82) is 0 Å². The topological polar surface area (TPSA) is 72.3 Å². The van der Waals surface area contributed by atoms with Crippen LogP contribution in [-0.2, 0) is 0 Å². The Bertz CT molecular complexity index is 304. The lowest BCUT2D eigenvalue weighted by Crippen LogP contribution is -2.12. The molecule has 0 saturated heterocycles. The van der Waals surface area contributed by atoms with Crippen molar-refractivity contribution >= 4 is 15.9 Å². The molecular weight excluding hydrogens is 244 g/mol. The predicted octanol–water partition coefficient (Wildman–Crippen LogP) is 1.89. The van der Waals surface area contributed by atoms with Crippen LogP contribution in [0.15, 0.2) is 22.7 Å². The maximum Gasteiger partial charge on any atom is 0.121 e. The largest absolute Gasteiger partial charge is 0.508 e. The number of hydrogen-bond acceptors (Lipinski definition) is 3. The molecule has 5 N–H and O–H groups in total. The highest BCUT2D eigenvalue weighted by Gasteiger charge is 2.10. The van der Waals surface area contributed by atoms with Crippen molar-refractivity contribution in [2.45, 2.75) is 18.9 Å². The standard InChI is InChI=1S/C10H15BrN2O/c11-7-3-4-8(10(14)6-7)9(13)2-1-5-12/h3-4,6,9,14H,1-2,5,12-13H2/t9-/m0/s1. The normalized spacial score (nSPS) is 12.8. The number of phenols is 1. The summed E-state index contributed by atoms with van der Waals surface area (Å²) in [6.07, 6.45) is 1.67. The van der Waals surface area contributed by atoms with Gasteiger partial charge in [-0.05, 0) is 31.5 Å². The minimum atomic E-state index is -0.133. The van der Waals surface area contributed by atoms with E-state index in [4.69, 9.17) is 11.5 Å². The maximum atomic E-state index is 9.62. The van der Waals surface area contributed by atoms with E-state index in [0.29, 0.717) is 6.54 Å². The molecule has 0 aliphatic carbocycles. The molecule has 14 heavy (non-hydrogen) atoms. The Labute approximate surface area is 92.2 Å². The fourth-order valence-electron chi connectivity index (χ4n) is 1.32. The minimum absolute atomic E-state index is 0.133. The zero-order chi connectivity index (χ0) is 10.6. The van der Waals surface area contributed by atoms with Gasteiger partial charge in [0.15, 0.2) is 0 Å². The van der Waals surface area contributed by atoms with Gasteiger partial charge < -0.3 is 16.6 Å². The zero-order valence-electron chi connectivity index (χ0n) is 7.91. The van der Waals surface area contributed by atoms with E-state index in [-0.39, 0.29) is 11.8 Å². The van der Waals surface area contributed by atoms with Crippen LogP contribution in [0.3, 0.4) is 0 Å². The monoisotopic (exact) mass is 258 g/mol. The van der Waals surface area contributed by atoms with Gasteiger partial charge in [0, 0.05) is 16.1 Å². The average Bonchev–Trinajstić information content (AvgIpc) is 2.14. The molecule has 1 atom stereocenters. The Morgan fingerprint density at radius 1 is 1.43 bits per heavy atom. The predicted molar refractivity (Wildman–Crippen MR) is 61.0 cm³/mol. The van der Waals surface area contributed by atoms with E-state index in [9.17, 15) is 5.11 Å². The molecule has 0 aliphatic rings. The number of halogens is 1. The Morgan fingerprint density at radius 3 is 2.71 bits per heavy atom. The van der Waals surface area contributed by atoms with Gasteiger partial charge in [-0.1, -0.05) is 22.0 Å². The number of hydrogen-bond donors (Lipinski definition) is 3. The maximum absolute atomic E-state index is 9.62. The lowest BCUT2D eigenvalue weighted by atomic mass is 10.0. The van der Waals surface area contributed by atoms with Crippen molar-refractivity contribution in [3.63, 3.8) is 0 Å². The van der Waals surface area contributed by atoms with E-state index in [1.165, 1.54) is 0 Å². The molecule has 0 bridgehead atoms. The molecule has 0 radical (unpaired) electrons. The van der Waals surface area contributed by atoms with Crippen LogP contribution >= 0.6 is 15.9 Å². The molecular formula is C10H15BrN2O. The third kappa shape index (κ3) is 2.97. The summed E-state index contributed by atoms with van der Waals surface area (Å²) >= 11 is 3.28. The Morgan fingerprint density at radius 2 is 2.14 bits per heavy atom.